The van der Waals surface area contributed by atoms with Crippen LogP contribution < -0.4 is 5.32 Å². The van der Waals surface area contributed by atoms with E-state index in [9.17, 15) is 4.79 Å². The van der Waals surface area contributed by atoms with Crippen LogP contribution in [0.3, 0.4) is 0 Å². The van der Waals surface area contributed by atoms with Gasteiger partial charge in [0, 0.05) is 6.54 Å². The first-order valence-corrected chi connectivity index (χ1v) is 13.0. The minimum Gasteiger partial charge on any atom is -0.519 e. The highest BCUT2D eigenvalue weighted by Gasteiger charge is 2.35. The maximum absolute atomic E-state index is 11.9. The predicted molar refractivity (Wildman–Crippen MR) is 74.1 cm³/mol. The molecule has 100 valence electrons. The average molecular weight is 275 g/mol. The molecule has 1 fully saturated rings. The van der Waals surface area contributed by atoms with E-state index in [-0.39, 0.29) is 18.1 Å². The highest BCUT2D eigenvalue weighted by Crippen LogP contribution is 2.18. The zero-order valence-corrected chi connectivity index (χ0v) is 13.8. The van der Waals surface area contributed by atoms with E-state index in [1.54, 1.807) is 0 Å². The summed E-state index contributed by atoms with van der Waals surface area (Å²) in [6, 6.07) is -0.178. The molecular formula is C11H25NO3Si2. The van der Waals surface area contributed by atoms with Crippen LogP contribution in [0.15, 0.2) is 0 Å². The summed E-state index contributed by atoms with van der Waals surface area (Å²) in [7, 11) is -3.30. The number of hydrogen-bond acceptors (Lipinski definition) is 4. The molecule has 1 saturated heterocycles. The molecule has 0 aromatic rings. The zero-order valence-electron chi connectivity index (χ0n) is 11.8. The van der Waals surface area contributed by atoms with Crippen molar-refractivity contribution in [3.05, 3.63) is 0 Å². The Morgan fingerprint density at radius 3 is 2.18 bits per heavy atom. The quantitative estimate of drug-likeness (QED) is 0.797. The Morgan fingerprint density at radius 2 is 1.71 bits per heavy atom. The summed E-state index contributed by atoms with van der Waals surface area (Å²) in [5, 5.41) is 3.20. The van der Waals surface area contributed by atoms with Crippen molar-refractivity contribution in [1.29, 1.82) is 0 Å². The van der Waals surface area contributed by atoms with Gasteiger partial charge >= 0.3 is 5.97 Å². The summed E-state index contributed by atoms with van der Waals surface area (Å²) in [5.74, 6) is -0.106. The Balaban J connectivity index is 2.43. The van der Waals surface area contributed by atoms with E-state index < -0.39 is 16.6 Å². The van der Waals surface area contributed by atoms with Crippen LogP contribution in [0.25, 0.3) is 0 Å². The molecule has 0 spiro atoms. The van der Waals surface area contributed by atoms with Crippen molar-refractivity contribution < 1.29 is 13.6 Å². The molecule has 4 nitrogen and oxygen atoms in total. The summed E-state index contributed by atoms with van der Waals surface area (Å²) in [6.07, 6.45) is 0.911. The van der Waals surface area contributed by atoms with E-state index >= 15 is 0 Å². The van der Waals surface area contributed by atoms with Crippen LogP contribution in [-0.4, -0.2) is 41.3 Å². The first kappa shape index (κ1) is 14.9. The molecule has 0 saturated carbocycles. The molecule has 6 heteroatoms. The first-order valence-electron chi connectivity index (χ1n) is 6.21. The van der Waals surface area contributed by atoms with Gasteiger partial charge in [-0.1, -0.05) is 0 Å². The molecule has 2 atom stereocenters. The summed E-state index contributed by atoms with van der Waals surface area (Å²) in [5.41, 5.74) is 0. The van der Waals surface area contributed by atoms with Crippen molar-refractivity contribution in [1.82, 2.24) is 5.32 Å². The lowest BCUT2D eigenvalue weighted by Crippen LogP contribution is -2.39. The van der Waals surface area contributed by atoms with Gasteiger partial charge in [-0.25, -0.2) is 0 Å². The lowest BCUT2D eigenvalue weighted by atomic mass is 10.2. The van der Waals surface area contributed by atoms with Gasteiger partial charge < -0.3 is 14.2 Å². The van der Waals surface area contributed by atoms with Crippen LogP contribution in [0.5, 0.6) is 0 Å². The monoisotopic (exact) mass is 275 g/mol. The Morgan fingerprint density at radius 1 is 1.12 bits per heavy atom. The van der Waals surface area contributed by atoms with Crippen LogP contribution in [0.4, 0.5) is 0 Å². The molecular weight excluding hydrogens is 250 g/mol. The van der Waals surface area contributed by atoms with Crippen LogP contribution in [0, 0.1) is 0 Å². The molecule has 0 amide bonds. The smallest absolute Gasteiger partial charge is 0.309 e. The van der Waals surface area contributed by atoms with Gasteiger partial charge in [0.1, 0.15) is 6.04 Å². The zero-order chi connectivity index (χ0) is 13.3. The van der Waals surface area contributed by atoms with E-state index in [0.29, 0.717) is 0 Å². The second-order valence-corrected chi connectivity index (χ2v) is 15.5. The van der Waals surface area contributed by atoms with Crippen LogP contribution >= 0.6 is 0 Å². The molecule has 1 aliphatic heterocycles. The number of rotatable bonds is 4. The molecule has 0 aliphatic carbocycles. The normalized spacial score (nSPS) is 26.0. The van der Waals surface area contributed by atoms with Gasteiger partial charge in [-0.3, -0.25) is 4.79 Å². The lowest BCUT2D eigenvalue weighted by Gasteiger charge is -2.23. The maximum atomic E-state index is 11.9. The largest absolute Gasteiger partial charge is 0.519 e. The third kappa shape index (κ3) is 5.80. The summed E-state index contributed by atoms with van der Waals surface area (Å²) in [4.78, 5) is 11.9. The van der Waals surface area contributed by atoms with E-state index in [1.807, 2.05) is 19.6 Å². The summed E-state index contributed by atoms with van der Waals surface area (Å²) < 4.78 is 11.5. The fourth-order valence-electron chi connectivity index (χ4n) is 1.85. The van der Waals surface area contributed by atoms with Crippen LogP contribution in [0.1, 0.15) is 6.42 Å². The second kappa shape index (κ2) is 5.21. The van der Waals surface area contributed by atoms with E-state index in [2.05, 4.69) is 25.0 Å². The van der Waals surface area contributed by atoms with Crippen molar-refractivity contribution in [2.75, 3.05) is 6.54 Å². The summed E-state index contributed by atoms with van der Waals surface area (Å²) in [6.45, 7) is 13.3. The molecule has 0 unspecified atom stereocenters. The number of nitrogens with one attached hydrogen (secondary N) is 1. The molecule has 0 aromatic carbocycles. The van der Waals surface area contributed by atoms with Crippen LogP contribution in [-0.2, 0) is 13.6 Å². The Labute approximate surface area is 106 Å². The molecule has 1 N–H and O–H groups in total. The molecule has 0 bridgehead atoms. The molecule has 1 heterocycles. The topological polar surface area (TPSA) is 47.6 Å². The van der Waals surface area contributed by atoms with Crippen molar-refractivity contribution in [3.8, 4) is 0 Å². The van der Waals surface area contributed by atoms with Gasteiger partial charge in [-0.05, 0) is 45.7 Å². The minimum atomic E-state index is -1.78. The van der Waals surface area contributed by atoms with Crippen molar-refractivity contribution in [3.63, 3.8) is 0 Å². The van der Waals surface area contributed by atoms with Gasteiger partial charge in [0.25, 0.3) is 0 Å². The Bertz CT molecular complexity index is 283. The Kier molecular flexibility index (Phi) is 4.56. The highest BCUT2D eigenvalue weighted by atomic mass is 28.4. The SMILES string of the molecule is C[Si](C)(C)OC(=O)[C@H]1C[C@@H](O[Si](C)(C)C)CN1. The maximum Gasteiger partial charge on any atom is 0.309 e. The predicted octanol–water partition coefficient (Wildman–Crippen LogP) is 1.95. The lowest BCUT2D eigenvalue weighted by molar-refractivity contribution is -0.137. The van der Waals surface area contributed by atoms with Crippen molar-refractivity contribution in [2.24, 2.45) is 0 Å². The van der Waals surface area contributed by atoms with Crippen LogP contribution in [0.2, 0.25) is 39.3 Å². The van der Waals surface area contributed by atoms with Gasteiger partial charge in [0.05, 0.1) is 6.10 Å². The molecule has 1 rings (SSSR count). The van der Waals surface area contributed by atoms with E-state index in [1.165, 1.54) is 0 Å². The number of carbonyl (C=O) groups is 1. The van der Waals surface area contributed by atoms with Gasteiger partial charge in [-0.2, -0.15) is 0 Å². The molecule has 0 aromatic heterocycles. The Hall–Kier alpha value is -0.176. The van der Waals surface area contributed by atoms with E-state index in [4.69, 9.17) is 8.85 Å². The molecule has 17 heavy (non-hydrogen) atoms. The summed E-state index contributed by atoms with van der Waals surface area (Å²) >= 11 is 0. The van der Waals surface area contributed by atoms with Crippen molar-refractivity contribution >= 4 is 22.6 Å². The number of hydrogen-bond donors (Lipinski definition) is 1. The third-order valence-corrected chi connectivity index (χ3v) is 4.16. The average Bonchev–Trinajstić information content (AvgIpc) is 2.45. The van der Waals surface area contributed by atoms with Gasteiger partial charge in [0.15, 0.2) is 8.32 Å². The van der Waals surface area contributed by atoms with E-state index in [0.717, 1.165) is 13.0 Å². The second-order valence-electron chi connectivity index (χ2n) is 6.58. The number of carbonyl (C=O) groups excluding carboxylic acids is 1. The fraction of sp³-hybridized carbons (Fsp3) is 0.909. The standard InChI is InChI=1S/C11H25NO3Si2/c1-16(2,3)14-9-7-10(12-8-9)11(13)15-17(4,5)6/h9-10,12H,7-8H2,1-6H3/t9-,10-/m1/s1. The minimum absolute atomic E-state index is 0.106. The highest BCUT2D eigenvalue weighted by molar-refractivity contribution is 6.71. The third-order valence-electron chi connectivity index (χ3n) is 2.30. The fourth-order valence-corrected chi connectivity index (χ4v) is 3.77. The first-order chi connectivity index (χ1) is 7.57. The van der Waals surface area contributed by atoms with Gasteiger partial charge in [0.2, 0.25) is 8.32 Å². The molecule has 0 radical (unpaired) electrons. The molecule has 1 aliphatic rings. The van der Waals surface area contributed by atoms with Gasteiger partial charge in [-0.15, -0.1) is 0 Å². The van der Waals surface area contributed by atoms with Crippen molar-refractivity contribution in [2.45, 2.75) is 57.8 Å².